The van der Waals surface area contributed by atoms with Gasteiger partial charge in [0, 0.05) is 6.20 Å². The van der Waals surface area contributed by atoms with Gasteiger partial charge in [-0.3, -0.25) is 0 Å². The van der Waals surface area contributed by atoms with Crippen molar-refractivity contribution in [1.29, 1.82) is 5.26 Å². The standard InChI is InChI=1S/C14H12N2O2/c1-10-7-8-16-14(13(10)9-15)18-12-5-3-11(17-2)4-6-12/h3-8H,1-2H3. The predicted molar refractivity (Wildman–Crippen MR) is 66.8 cm³/mol. The van der Waals surface area contributed by atoms with Crippen LogP contribution in [-0.2, 0) is 0 Å². The second-order valence-corrected chi connectivity index (χ2v) is 3.70. The largest absolute Gasteiger partial charge is 0.497 e. The van der Waals surface area contributed by atoms with Crippen LogP contribution in [0.1, 0.15) is 11.1 Å². The lowest BCUT2D eigenvalue weighted by molar-refractivity contribution is 0.412. The molecule has 0 atom stereocenters. The lowest BCUT2D eigenvalue weighted by atomic mass is 10.2. The van der Waals surface area contributed by atoms with E-state index < -0.39 is 0 Å². The number of hydrogen-bond acceptors (Lipinski definition) is 4. The number of nitriles is 1. The molecule has 0 spiro atoms. The van der Waals surface area contributed by atoms with Crippen LogP contribution in [0, 0.1) is 18.3 Å². The maximum Gasteiger partial charge on any atom is 0.237 e. The Morgan fingerprint density at radius 2 is 1.78 bits per heavy atom. The van der Waals surface area contributed by atoms with Gasteiger partial charge in [0.25, 0.3) is 0 Å². The van der Waals surface area contributed by atoms with E-state index in [1.54, 1.807) is 43.6 Å². The lowest BCUT2D eigenvalue weighted by Crippen LogP contribution is -1.94. The Bertz CT molecular complexity index is 586. The molecule has 4 heteroatoms. The van der Waals surface area contributed by atoms with E-state index in [-0.39, 0.29) is 0 Å². The molecule has 1 heterocycles. The number of nitrogens with zero attached hydrogens (tertiary/aromatic N) is 2. The van der Waals surface area contributed by atoms with Crippen LogP contribution in [0.2, 0.25) is 0 Å². The zero-order valence-corrected chi connectivity index (χ0v) is 10.2. The molecule has 0 aliphatic heterocycles. The molecule has 2 rings (SSSR count). The van der Waals surface area contributed by atoms with Gasteiger partial charge in [-0.05, 0) is 42.8 Å². The first-order valence-electron chi connectivity index (χ1n) is 5.42. The Hall–Kier alpha value is -2.54. The summed E-state index contributed by atoms with van der Waals surface area (Å²) in [6, 6.07) is 11.0. The van der Waals surface area contributed by atoms with Crippen LogP contribution in [-0.4, -0.2) is 12.1 Å². The normalized spacial score (nSPS) is 9.61. The minimum absolute atomic E-state index is 0.322. The van der Waals surface area contributed by atoms with Crippen LogP contribution >= 0.6 is 0 Å². The zero-order chi connectivity index (χ0) is 13.0. The second kappa shape index (κ2) is 5.19. The number of rotatable bonds is 3. The maximum absolute atomic E-state index is 9.07. The third-order valence-corrected chi connectivity index (χ3v) is 2.51. The van der Waals surface area contributed by atoms with E-state index >= 15 is 0 Å². The van der Waals surface area contributed by atoms with Crippen molar-refractivity contribution in [1.82, 2.24) is 4.98 Å². The highest BCUT2D eigenvalue weighted by Gasteiger charge is 2.08. The molecule has 1 aromatic heterocycles. The fourth-order valence-electron chi connectivity index (χ4n) is 1.50. The molecule has 90 valence electrons. The van der Waals surface area contributed by atoms with Gasteiger partial charge in [0.2, 0.25) is 5.88 Å². The topological polar surface area (TPSA) is 55.1 Å². The van der Waals surface area contributed by atoms with Gasteiger partial charge in [0.15, 0.2) is 0 Å². The van der Waals surface area contributed by atoms with E-state index in [1.165, 1.54) is 0 Å². The van der Waals surface area contributed by atoms with Crippen molar-refractivity contribution in [2.45, 2.75) is 6.92 Å². The van der Waals surface area contributed by atoms with Crippen molar-refractivity contribution in [3.63, 3.8) is 0 Å². The molecule has 0 bridgehead atoms. The molecule has 0 aliphatic rings. The number of benzene rings is 1. The predicted octanol–water partition coefficient (Wildman–Crippen LogP) is 3.06. The average molecular weight is 240 g/mol. The van der Waals surface area contributed by atoms with Crippen LogP contribution in [0.4, 0.5) is 0 Å². The number of aromatic nitrogens is 1. The van der Waals surface area contributed by atoms with E-state index in [1.807, 2.05) is 6.92 Å². The van der Waals surface area contributed by atoms with Gasteiger partial charge in [-0.25, -0.2) is 4.98 Å². The van der Waals surface area contributed by atoms with Crippen LogP contribution < -0.4 is 9.47 Å². The highest BCUT2D eigenvalue weighted by molar-refractivity contribution is 5.45. The Morgan fingerprint density at radius 1 is 1.11 bits per heavy atom. The van der Waals surface area contributed by atoms with E-state index in [9.17, 15) is 0 Å². The third-order valence-electron chi connectivity index (χ3n) is 2.51. The molecule has 0 N–H and O–H groups in total. The summed E-state index contributed by atoms with van der Waals surface area (Å²) in [7, 11) is 1.60. The van der Waals surface area contributed by atoms with Gasteiger partial charge in [-0.15, -0.1) is 0 Å². The summed E-state index contributed by atoms with van der Waals surface area (Å²) >= 11 is 0. The Kier molecular flexibility index (Phi) is 3.44. The highest BCUT2D eigenvalue weighted by Crippen LogP contribution is 2.25. The maximum atomic E-state index is 9.07. The van der Waals surface area contributed by atoms with Gasteiger partial charge >= 0.3 is 0 Å². The molecular weight excluding hydrogens is 228 g/mol. The van der Waals surface area contributed by atoms with Gasteiger partial charge in [0.1, 0.15) is 23.1 Å². The molecule has 4 nitrogen and oxygen atoms in total. The minimum atomic E-state index is 0.322. The third kappa shape index (κ3) is 2.41. The molecule has 18 heavy (non-hydrogen) atoms. The monoisotopic (exact) mass is 240 g/mol. The minimum Gasteiger partial charge on any atom is -0.497 e. The van der Waals surface area contributed by atoms with Crippen molar-refractivity contribution in [3.05, 3.63) is 47.7 Å². The summed E-state index contributed by atoms with van der Waals surface area (Å²) in [6.07, 6.45) is 1.62. The number of aryl methyl sites for hydroxylation is 1. The molecule has 0 aliphatic carbocycles. The summed E-state index contributed by atoms with van der Waals surface area (Å²) in [5.74, 6) is 1.69. The highest BCUT2D eigenvalue weighted by atomic mass is 16.5. The fourth-order valence-corrected chi connectivity index (χ4v) is 1.50. The summed E-state index contributed by atoms with van der Waals surface area (Å²) in [4.78, 5) is 4.07. The first-order chi connectivity index (χ1) is 8.74. The summed E-state index contributed by atoms with van der Waals surface area (Å²) in [5, 5.41) is 9.07. The summed E-state index contributed by atoms with van der Waals surface area (Å²) in [5.41, 5.74) is 1.30. The molecule has 0 amide bonds. The van der Waals surface area contributed by atoms with Crippen LogP contribution in [0.5, 0.6) is 17.4 Å². The number of pyridine rings is 1. The van der Waals surface area contributed by atoms with Gasteiger partial charge in [0.05, 0.1) is 7.11 Å². The fraction of sp³-hybridized carbons (Fsp3) is 0.143. The molecule has 0 fully saturated rings. The summed E-state index contributed by atoms with van der Waals surface area (Å²) < 4.78 is 10.7. The number of ether oxygens (including phenoxy) is 2. The Labute approximate surface area is 105 Å². The van der Waals surface area contributed by atoms with E-state index in [4.69, 9.17) is 14.7 Å². The Balaban J connectivity index is 2.28. The van der Waals surface area contributed by atoms with Gasteiger partial charge in [-0.1, -0.05) is 0 Å². The zero-order valence-electron chi connectivity index (χ0n) is 10.2. The van der Waals surface area contributed by atoms with Crippen LogP contribution in [0.3, 0.4) is 0 Å². The van der Waals surface area contributed by atoms with E-state index in [0.29, 0.717) is 17.2 Å². The van der Waals surface area contributed by atoms with Gasteiger partial charge in [-0.2, -0.15) is 5.26 Å². The quantitative estimate of drug-likeness (QED) is 0.827. The van der Waals surface area contributed by atoms with Crippen molar-refractivity contribution >= 4 is 0 Å². The van der Waals surface area contributed by atoms with Crippen molar-refractivity contribution in [2.75, 3.05) is 7.11 Å². The number of methoxy groups -OCH3 is 1. The molecule has 2 aromatic rings. The Morgan fingerprint density at radius 3 is 2.39 bits per heavy atom. The number of hydrogen-bond donors (Lipinski definition) is 0. The van der Waals surface area contributed by atoms with E-state index in [2.05, 4.69) is 11.1 Å². The van der Waals surface area contributed by atoms with Crippen LogP contribution in [0.15, 0.2) is 36.5 Å². The molecule has 1 aromatic carbocycles. The molecule has 0 radical (unpaired) electrons. The molecular formula is C14H12N2O2. The summed E-state index contributed by atoms with van der Waals surface area (Å²) in [6.45, 7) is 1.85. The SMILES string of the molecule is COc1ccc(Oc2nccc(C)c2C#N)cc1. The van der Waals surface area contributed by atoms with Crippen LogP contribution in [0.25, 0.3) is 0 Å². The van der Waals surface area contributed by atoms with Crippen molar-refractivity contribution in [2.24, 2.45) is 0 Å². The second-order valence-electron chi connectivity index (χ2n) is 3.70. The smallest absolute Gasteiger partial charge is 0.237 e. The molecule has 0 unspecified atom stereocenters. The average Bonchev–Trinajstić information content (AvgIpc) is 2.40. The van der Waals surface area contributed by atoms with E-state index in [0.717, 1.165) is 11.3 Å². The molecule has 0 saturated carbocycles. The van der Waals surface area contributed by atoms with Crippen molar-refractivity contribution < 1.29 is 9.47 Å². The van der Waals surface area contributed by atoms with Gasteiger partial charge < -0.3 is 9.47 Å². The first-order valence-corrected chi connectivity index (χ1v) is 5.42. The lowest BCUT2D eigenvalue weighted by Gasteiger charge is -2.08. The first kappa shape index (κ1) is 11.9. The molecule has 0 saturated heterocycles. The van der Waals surface area contributed by atoms with Crippen molar-refractivity contribution in [3.8, 4) is 23.4 Å².